The third-order valence-electron chi connectivity index (χ3n) is 6.52. The molecule has 2 rings (SSSR count). The molecule has 2 aromatic rings. The third-order valence-corrected chi connectivity index (χ3v) is 6.52. The molecule has 0 amide bonds. The molecule has 0 N–H and O–H groups in total. The van der Waals surface area contributed by atoms with Gasteiger partial charge >= 0.3 is 11.9 Å². The smallest absolute Gasteiger partial charge is 0.333 e. The van der Waals surface area contributed by atoms with E-state index in [1.165, 1.54) is 11.1 Å². The summed E-state index contributed by atoms with van der Waals surface area (Å²) in [4.78, 5) is 37.6. The molecule has 2 atom stereocenters. The highest BCUT2D eigenvalue weighted by atomic mass is 16.5. The van der Waals surface area contributed by atoms with Crippen LogP contribution in [0, 0.1) is 11.8 Å². The average Bonchev–Trinajstić information content (AvgIpc) is 2.89. The standard InChI is InChI=1S/C33H42O5/c1-21(2)29-13-9-27(10-14-29)17-23(5)32(35)37-19-25(7)31(34)26(8)20-38-33(36)24(6)18-28-11-15-30(16-12-28)22(3)4/h9-18,21-22,25-26H,19-20H2,1-8H3. The first-order valence-corrected chi connectivity index (χ1v) is 13.3. The number of hydrogen-bond acceptors (Lipinski definition) is 5. The van der Waals surface area contributed by atoms with Crippen LogP contribution < -0.4 is 0 Å². The Bertz CT molecular complexity index is 1060. The molecule has 0 spiro atoms. The van der Waals surface area contributed by atoms with E-state index >= 15 is 0 Å². The number of Topliss-reactive ketones (excluding diaryl/α,β-unsaturated/α-hetero) is 1. The molecule has 5 heteroatoms. The maximum absolute atomic E-state index is 12.8. The number of esters is 2. The summed E-state index contributed by atoms with van der Waals surface area (Å²) >= 11 is 0. The zero-order chi connectivity index (χ0) is 28.4. The number of carbonyl (C=O) groups excluding carboxylic acids is 3. The van der Waals surface area contributed by atoms with Crippen LogP contribution in [0.15, 0.2) is 59.7 Å². The molecule has 0 aromatic heterocycles. The first kappa shape index (κ1) is 30.8. The summed E-state index contributed by atoms with van der Waals surface area (Å²) in [7, 11) is 0. The first-order chi connectivity index (χ1) is 17.9. The summed E-state index contributed by atoms with van der Waals surface area (Å²) in [5, 5.41) is 0. The molecule has 2 aromatic carbocycles. The van der Waals surface area contributed by atoms with Crippen LogP contribution in [0.4, 0.5) is 0 Å². The second-order valence-corrected chi connectivity index (χ2v) is 10.7. The minimum absolute atomic E-state index is 0.0290. The van der Waals surface area contributed by atoms with Gasteiger partial charge in [-0.1, -0.05) is 90.1 Å². The molecular formula is C33H42O5. The number of hydrogen-bond donors (Lipinski definition) is 0. The molecule has 0 aliphatic heterocycles. The van der Waals surface area contributed by atoms with E-state index in [0.29, 0.717) is 23.0 Å². The van der Waals surface area contributed by atoms with Crippen LogP contribution >= 0.6 is 0 Å². The van der Waals surface area contributed by atoms with Gasteiger partial charge in [0.25, 0.3) is 0 Å². The first-order valence-electron chi connectivity index (χ1n) is 13.3. The number of ether oxygens (including phenoxy) is 2. The quantitative estimate of drug-likeness (QED) is 0.217. The molecule has 0 fully saturated rings. The average molecular weight is 519 g/mol. The van der Waals surface area contributed by atoms with Crippen LogP contribution in [0.2, 0.25) is 0 Å². The SMILES string of the molecule is CC(=Cc1ccc(C(C)C)cc1)C(=O)OCC(C)C(=O)C(C)COC(=O)C(C)=Cc1ccc(C(C)C)cc1. The summed E-state index contributed by atoms with van der Waals surface area (Å²) in [6, 6.07) is 16.1. The Morgan fingerprint density at radius 2 is 0.921 bits per heavy atom. The zero-order valence-electron chi connectivity index (χ0n) is 24.0. The highest BCUT2D eigenvalue weighted by Crippen LogP contribution is 2.18. The van der Waals surface area contributed by atoms with Gasteiger partial charge in [-0.05, 0) is 60.1 Å². The van der Waals surface area contributed by atoms with E-state index in [2.05, 4.69) is 27.7 Å². The van der Waals surface area contributed by atoms with Gasteiger partial charge in [0.05, 0.1) is 0 Å². The molecule has 0 aliphatic carbocycles. The second kappa shape index (κ2) is 14.5. The fraction of sp³-hybridized carbons (Fsp3) is 0.424. The lowest BCUT2D eigenvalue weighted by Gasteiger charge is -2.17. The van der Waals surface area contributed by atoms with Crippen molar-refractivity contribution in [3.8, 4) is 0 Å². The van der Waals surface area contributed by atoms with E-state index in [4.69, 9.17) is 9.47 Å². The molecule has 2 unspecified atom stereocenters. The number of rotatable bonds is 12. The van der Waals surface area contributed by atoms with Crippen molar-refractivity contribution in [1.29, 1.82) is 0 Å². The lowest BCUT2D eigenvalue weighted by Crippen LogP contribution is -2.28. The largest absolute Gasteiger partial charge is 0.462 e. The molecule has 0 radical (unpaired) electrons. The van der Waals surface area contributed by atoms with Gasteiger partial charge in [-0.2, -0.15) is 0 Å². The van der Waals surface area contributed by atoms with Gasteiger partial charge in [0, 0.05) is 23.0 Å². The topological polar surface area (TPSA) is 69.7 Å². The Balaban J connectivity index is 1.83. The molecule has 5 nitrogen and oxygen atoms in total. The van der Waals surface area contributed by atoms with Crippen LogP contribution in [0.5, 0.6) is 0 Å². The Morgan fingerprint density at radius 1 is 0.605 bits per heavy atom. The van der Waals surface area contributed by atoms with E-state index in [1.54, 1.807) is 39.8 Å². The minimum atomic E-state index is -0.512. The van der Waals surface area contributed by atoms with E-state index in [-0.39, 0.29) is 19.0 Å². The van der Waals surface area contributed by atoms with E-state index in [0.717, 1.165) is 11.1 Å². The molecule has 0 aliphatic rings. The number of benzene rings is 2. The molecule has 0 saturated heterocycles. The van der Waals surface area contributed by atoms with Crippen LogP contribution in [0.3, 0.4) is 0 Å². The van der Waals surface area contributed by atoms with Gasteiger partial charge in [0.2, 0.25) is 0 Å². The Morgan fingerprint density at radius 3 is 1.21 bits per heavy atom. The molecule has 38 heavy (non-hydrogen) atoms. The van der Waals surface area contributed by atoms with Crippen LogP contribution in [-0.4, -0.2) is 30.9 Å². The molecule has 0 saturated carbocycles. The van der Waals surface area contributed by atoms with Gasteiger partial charge in [-0.25, -0.2) is 9.59 Å². The number of ketones is 1. The highest BCUT2D eigenvalue weighted by molar-refractivity contribution is 5.94. The van der Waals surface area contributed by atoms with Gasteiger partial charge < -0.3 is 9.47 Å². The summed E-state index contributed by atoms with van der Waals surface area (Å²) in [6.07, 6.45) is 3.55. The van der Waals surface area contributed by atoms with Crippen molar-refractivity contribution in [1.82, 2.24) is 0 Å². The van der Waals surface area contributed by atoms with Gasteiger partial charge in [0.1, 0.15) is 19.0 Å². The van der Waals surface area contributed by atoms with Crippen molar-refractivity contribution in [2.24, 2.45) is 11.8 Å². The van der Waals surface area contributed by atoms with Gasteiger partial charge in [0.15, 0.2) is 0 Å². The lowest BCUT2D eigenvalue weighted by atomic mass is 9.97. The predicted octanol–water partition coefficient (Wildman–Crippen LogP) is 7.37. The fourth-order valence-corrected chi connectivity index (χ4v) is 3.85. The van der Waals surface area contributed by atoms with Gasteiger partial charge in [-0.15, -0.1) is 0 Å². The number of carbonyl (C=O) groups is 3. The summed E-state index contributed by atoms with van der Waals surface area (Å²) in [6.45, 7) is 15.3. The van der Waals surface area contributed by atoms with E-state index < -0.39 is 23.8 Å². The summed E-state index contributed by atoms with van der Waals surface area (Å²) in [5.74, 6) is -1.18. The Kier molecular flexibility index (Phi) is 11.7. The Labute approximate surface area is 227 Å². The molecule has 204 valence electrons. The van der Waals surface area contributed by atoms with Crippen LogP contribution in [-0.2, 0) is 23.9 Å². The third kappa shape index (κ3) is 9.44. The van der Waals surface area contributed by atoms with Crippen molar-refractivity contribution in [2.75, 3.05) is 13.2 Å². The molecule has 0 heterocycles. The van der Waals surface area contributed by atoms with Crippen molar-refractivity contribution in [2.45, 2.75) is 67.2 Å². The maximum atomic E-state index is 12.8. The fourth-order valence-electron chi connectivity index (χ4n) is 3.85. The van der Waals surface area contributed by atoms with Gasteiger partial charge in [-0.3, -0.25) is 4.79 Å². The maximum Gasteiger partial charge on any atom is 0.333 e. The highest BCUT2D eigenvalue weighted by Gasteiger charge is 2.23. The Hall–Kier alpha value is -3.47. The van der Waals surface area contributed by atoms with Crippen molar-refractivity contribution in [3.63, 3.8) is 0 Å². The molecular weight excluding hydrogens is 476 g/mol. The second-order valence-electron chi connectivity index (χ2n) is 10.7. The van der Waals surface area contributed by atoms with Crippen LogP contribution in [0.25, 0.3) is 12.2 Å². The van der Waals surface area contributed by atoms with Crippen molar-refractivity contribution >= 4 is 29.9 Å². The zero-order valence-corrected chi connectivity index (χ0v) is 24.0. The lowest BCUT2D eigenvalue weighted by molar-refractivity contribution is -0.144. The summed E-state index contributed by atoms with van der Waals surface area (Å²) in [5.41, 5.74) is 5.23. The predicted molar refractivity (Wildman–Crippen MR) is 154 cm³/mol. The van der Waals surface area contributed by atoms with Crippen molar-refractivity contribution in [3.05, 3.63) is 81.9 Å². The van der Waals surface area contributed by atoms with E-state index in [1.807, 2.05) is 48.5 Å². The minimum Gasteiger partial charge on any atom is -0.462 e. The van der Waals surface area contributed by atoms with E-state index in [9.17, 15) is 14.4 Å². The monoisotopic (exact) mass is 518 g/mol. The van der Waals surface area contributed by atoms with Crippen LogP contribution in [0.1, 0.15) is 89.5 Å². The normalized spacial score (nSPS) is 13.8. The summed E-state index contributed by atoms with van der Waals surface area (Å²) < 4.78 is 10.8. The molecule has 0 bridgehead atoms. The van der Waals surface area contributed by atoms with Crippen molar-refractivity contribution < 1.29 is 23.9 Å².